The lowest BCUT2D eigenvalue weighted by molar-refractivity contribution is 0.0735. The molecule has 7 nitrogen and oxygen atoms in total. The molecule has 1 aliphatic carbocycles. The first-order valence-corrected chi connectivity index (χ1v) is 10.4. The Morgan fingerprint density at radius 1 is 1.00 bits per heavy atom. The van der Waals surface area contributed by atoms with Gasteiger partial charge in [-0.3, -0.25) is 9.48 Å². The van der Waals surface area contributed by atoms with Crippen LogP contribution in [0.25, 0.3) is 11.3 Å². The van der Waals surface area contributed by atoms with Crippen LogP contribution < -0.4 is 4.90 Å². The van der Waals surface area contributed by atoms with Gasteiger partial charge in [0.1, 0.15) is 17.3 Å². The lowest BCUT2D eigenvalue weighted by Crippen LogP contribution is -2.49. The van der Waals surface area contributed by atoms with E-state index in [2.05, 4.69) is 20.2 Å². The van der Waals surface area contributed by atoms with Crippen LogP contribution in [0.15, 0.2) is 36.4 Å². The van der Waals surface area contributed by atoms with Crippen molar-refractivity contribution in [2.75, 3.05) is 31.1 Å². The molecule has 0 atom stereocenters. The van der Waals surface area contributed by atoms with Gasteiger partial charge in [-0.15, -0.1) is 5.10 Å². The molecule has 9 heteroatoms. The number of halogens is 2. The van der Waals surface area contributed by atoms with Crippen molar-refractivity contribution in [1.29, 1.82) is 0 Å². The van der Waals surface area contributed by atoms with E-state index in [0.29, 0.717) is 43.5 Å². The molecule has 2 fully saturated rings. The molecule has 160 valence electrons. The number of hydrogen-bond acceptors (Lipinski definition) is 5. The van der Waals surface area contributed by atoms with E-state index in [9.17, 15) is 13.6 Å². The lowest BCUT2D eigenvalue weighted by Gasteiger charge is -2.35. The van der Waals surface area contributed by atoms with Crippen molar-refractivity contribution in [2.24, 2.45) is 7.05 Å². The first-order chi connectivity index (χ1) is 15.0. The first-order valence-electron chi connectivity index (χ1n) is 10.4. The molecule has 2 aliphatic rings. The van der Waals surface area contributed by atoms with Gasteiger partial charge in [-0.2, -0.15) is 10.2 Å². The first kappa shape index (κ1) is 19.6. The molecule has 1 saturated heterocycles. The molecule has 3 heterocycles. The predicted octanol–water partition coefficient (Wildman–Crippen LogP) is 3.00. The van der Waals surface area contributed by atoms with Crippen LogP contribution in [0.3, 0.4) is 0 Å². The van der Waals surface area contributed by atoms with Gasteiger partial charge in [-0.1, -0.05) is 0 Å². The Hall–Kier alpha value is -3.36. The molecule has 3 aromatic rings. The van der Waals surface area contributed by atoms with Crippen LogP contribution in [0.1, 0.15) is 34.9 Å². The Morgan fingerprint density at radius 3 is 2.42 bits per heavy atom. The molecule has 1 amide bonds. The number of carbonyl (C=O) groups is 1. The monoisotopic (exact) mass is 424 g/mol. The second kappa shape index (κ2) is 7.72. The van der Waals surface area contributed by atoms with Crippen molar-refractivity contribution < 1.29 is 13.6 Å². The zero-order valence-electron chi connectivity index (χ0n) is 17.1. The largest absolute Gasteiger partial charge is 0.352 e. The summed E-state index contributed by atoms with van der Waals surface area (Å²) in [6, 6.07) is 8.91. The summed E-state index contributed by atoms with van der Waals surface area (Å²) >= 11 is 0. The SMILES string of the molecule is Cn1nc(-c2ccc(F)cc2F)cc1C(=O)N1CCN(c2ccc(C3CC3)nn2)CC1. The number of aryl methyl sites for hydroxylation is 1. The van der Waals surface area contributed by atoms with Gasteiger partial charge in [-0.25, -0.2) is 8.78 Å². The number of rotatable bonds is 4. The highest BCUT2D eigenvalue weighted by Gasteiger charge is 2.28. The van der Waals surface area contributed by atoms with E-state index in [0.717, 1.165) is 17.6 Å². The summed E-state index contributed by atoms with van der Waals surface area (Å²) in [6.07, 6.45) is 2.39. The Balaban J connectivity index is 1.26. The van der Waals surface area contributed by atoms with Gasteiger partial charge in [0.15, 0.2) is 5.82 Å². The van der Waals surface area contributed by atoms with E-state index in [-0.39, 0.29) is 11.5 Å². The van der Waals surface area contributed by atoms with E-state index in [4.69, 9.17) is 0 Å². The Labute approximate surface area is 178 Å². The van der Waals surface area contributed by atoms with Crippen LogP contribution in [0, 0.1) is 11.6 Å². The summed E-state index contributed by atoms with van der Waals surface area (Å²) in [5.74, 6) is -0.134. The summed E-state index contributed by atoms with van der Waals surface area (Å²) in [7, 11) is 1.64. The standard InChI is InChI=1S/C22H22F2N6O/c1-28-20(13-19(27-28)16-5-4-15(23)12-17(16)24)22(31)30-10-8-29(9-11-30)21-7-6-18(25-26-21)14-2-3-14/h4-7,12-14H,2-3,8-11H2,1H3. The Bertz CT molecular complexity index is 1120. The molecule has 0 N–H and O–H groups in total. The van der Waals surface area contributed by atoms with E-state index in [1.165, 1.54) is 29.7 Å². The van der Waals surface area contributed by atoms with Gasteiger partial charge >= 0.3 is 0 Å². The summed E-state index contributed by atoms with van der Waals surface area (Å²) in [4.78, 5) is 16.9. The van der Waals surface area contributed by atoms with Crippen LogP contribution in [0.2, 0.25) is 0 Å². The second-order valence-corrected chi connectivity index (χ2v) is 8.03. The maximum atomic E-state index is 14.1. The molecular formula is C22H22F2N6O. The van der Waals surface area contributed by atoms with Crippen molar-refractivity contribution in [3.05, 3.63) is 59.4 Å². The zero-order chi connectivity index (χ0) is 21.5. The van der Waals surface area contributed by atoms with E-state index >= 15 is 0 Å². The molecule has 2 aromatic heterocycles. The van der Waals surface area contributed by atoms with Crippen molar-refractivity contribution in [3.63, 3.8) is 0 Å². The smallest absolute Gasteiger partial charge is 0.272 e. The van der Waals surface area contributed by atoms with Gasteiger partial charge in [0.05, 0.1) is 11.4 Å². The quantitative estimate of drug-likeness (QED) is 0.644. The summed E-state index contributed by atoms with van der Waals surface area (Å²) in [5, 5.41) is 12.9. The molecule has 5 rings (SSSR count). The molecular weight excluding hydrogens is 402 g/mol. The number of piperazine rings is 1. The zero-order valence-corrected chi connectivity index (χ0v) is 17.1. The number of hydrogen-bond donors (Lipinski definition) is 0. The van der Waals surface area contributed by atoms with Crippen molar-refractivity contribution >= 4 is 11.7 Å². The third-order valence-electron chi connectivity index (χ3n) is 5.86. The normalized spacial score (nSPS) is 16.6. The van der Waals surface area contributed by atoms with Crippen LogP contribution in [0.4, 0.5) is 14.6 Å². The molecule has 0 bridgehead atoms. The number of aromatic nitrogens is 4. The number of carbonyl (C=O) groups excluding carboxylic acids is 1. The second-order valence-electron chi connectivity index (χ2n) is 8.03. The third kappa shape index (κ3) is 3.87. The molecule has 0 unspecified atom stereocenters. The average Bonchev–Trinajstić information content (AvgIpc) is 3.56. The maximum Gasteiger partial charge on any atom is 0.272 e. The number of benzene rings is 1. The van der Waals surface area contributed by atoms with Gasteiger partial charge < -0.3 is 9.80 Å². The van der Waals surface area contributed by atoms with E-state index < -0.39 is 11.6 Å². The Morgan fingerprint density at radius 2 is 1.77 bits per heavy atom. The van der Waals surface area contributed by atoms with Crippen LogP contribution >= 0.6 is 0 Å². The van der Waals surface area contributed by atoms with E-state index in [1.54, 1.807) is 18.0 Å². The fourth-order valence-electron chi connectivity index (χ4n) is 3.90. The fourth-order valence-corrected chi connectivity index (χ4v) is 3.90. The topological polar surface area (TPSA) is 67.2 Å². The van der Waals surface area contributed by atoms with Crippen molar-refractivity contribution in [1.82, 2.24) is 24.9 Å². The summed E-state index contributed by atoms with van der Waals surface area (Å²) < 4.78 is 28.7. The number of nitrogens with zero attached hydrogens (tertiary/aromatic N) is 6. The highest BCUT2D eigenvalue weighted by molar-refractivity contribution is 5.94. The Kier molecular flexibility index (Phi) is 4.88. The minimum absolute atomic E-state index is 0.161. The molecule has 1 aliphatic heterocycles. The molecule has 1 aromatic carbocycles. The highest BCUT2D eigenvalue weighted by Crippen LogP contribution is 2.38. The van der Waals surface area contributed by atoms with Gasteiger partial charge in [0.25, 0.3) is 5.91 Å². The van der Waals surface area contributed by atoms with Gasteiger partial charge in [-0.05, 0) is 43.2 Å². The fraction of sp³-hybridized carbons (Fsp3) is 0.364. The molecule has 0 spiro atoms. The molecule has 31 heavy (non-hydrogen) atoms. The highest BCUT2D eigenvalue weighted by atomic mass is 19.1. The lowest BCUT2D eigenvalue weighted by atomic mass is 10.1. The maximum absolute atomic E-state index is 14.1. The summed E-state index contributed by atoms with van der Waals surface area (Å²) in [6.45, 7) is 2.38. The predicted molar refractivity (Wildman–Crippen MR) is 111 cm³/mol. The van der Waals surface area contributed by atoms with Crippen LogP contribution in [-0.2, 0) is 7.05 Å². The van der Waals surface area contributed by atoms with Crippen molar-refractivity contribution in [3.8, 4) is 11.3 Å². The minimum Gasteiger partial charge on any atom is -0.352 e. The van der Waals surface area contributed by atoms with Crippen molar-refractivity contribution in [2.45, 2.75) is 18.8 Å². The van der Waals surface area contributed by atoms with Crippen LogP contribution in [-0.4, -0.2) is 57.0 Å². The summed E-state index contributed by atoms with van der Waals surface area (Å²) in [5.41, 5.74) is 1.88. The van der Waals surface area contributed by atoms with Crippen LogP contribution in [0.5, 0.6) is 0 Å². The van der Waals surface area contributed by atoms with Gasteiger partial charge in [0, 0.05) is 50.8 Å². The number of anilines is 1. The third-order valence-corrected chi connectivity index (χ3v) is 5.86. The van der Waals surface area contributed by atoms with Gasteiger partial charge in [0.2, 0.25) is 0 Å². The average molecular weight is 424 g/mol. The van der Waals surface area contributed by atoms with E-state index in [1.807, 2.05) is 12.1 Å². The molecule has 1 saturated carbocycles. The molecule has 0 radical (unpaired) electrons. The minimum atomic E-state index is -0.709. The number of amides is 1.